The molecule has 1 heterocycles. The molecule has 0 saturated carbocycles. The summed E-state index contributed by atoms with van der Waals surface area (Å²) in [7, 11) is 8.09. The summed E-state index contributed by atoms with van der Waals surface area (Å²) in [5.41, 5.74) is 8.30. The number of carbonyl (C=O) groups is 1. The predicted octanol–water partition coefficient (Wildman–Crippen LogP) is 1.50. The molecule has 1 fully saturated rings. The van der Waals surface area contributed by atoms with Crippen LogP contribution in [0.2, 0.25) is 0 Å². The van der Waals surface area contributed by atoms with Crippen LogP contribution in [-0.2, 0) is 0 Å². The topological polar surface area (TPSA) is 52.8 Å². The Balaban J connectivity index is 2.06. The van der Waals surface area contributed by atoms with E-state index in [0.717, 1.165) is 31.6 Å². The lowest BCUT2D eigenvalue weighted by atomic mass is 10.0. The summed E-state index contributed by atoms with van der Waals surface area (Å²) in [6.07, 6.45) is 2.06. The molecule has 1 amide bonds. The molecule has 1 aromatic carbocycles. The highest BCUT2D eigenvalue weighted by Crippen LogP contribution is 2.24. The zero-order chi connectivity index (χ0) is 15.6. The van der Waals surface area contributed by atoms with E-state index >= 15 is 0 Å². The van der Waals surface area contributed by atoms with Crippen molar-refractivity contribution in [2.75, 3.05) is 51.9 Å². The summed E-state index contributed by atoms with van der Waals surface area (Å²) >= 11 is 0. The first-order valence-electron chi connectivity index (χ1n) is 7.42. The minimum Gasteiger partial charge on any atom is -0.397 e. The average Bonchev–Trinajstić information content (AvgIpc) is 2.46. The van der Waals surface area contributed by atoms with Crippen LogP contribution >= 0.6 is 0 Å². The van der Waals surface area contributed by atoms with Gasteiger partial charge < -0.3 is 20.4 Å². The number of anilines is 2. The van der Waals surface area contributed by atoms with Crippen LogP contribution in [-0.4, -0.2) is 63.0 Å². The molecule has 1 saturated heterocycles. The molecule has 1 aromatic rings. The number of nitrogens with two attached hydrogens (primary N) is 1. The SMILES string of the molecule is CN(C)c1ccc(C(=O)N2CCC(N(C)C)CC2)cc1N. The van der Waals surface area contributed by atoms with Gasteiger partial charge in [-0.25, -0.2) is 0 Å². The van der Waals surface area contributed by atoms with Gasteiger partial charge in [-0.2, -0.15) is 0 Å². The fourth-order valence-electron chi connectivity index (χ4n) is 2.86. The molecule has 0 atom stereocenters. The molecule has 0 radical (unpaired) electrons. The van der Waals surface area contributed by atoms with Crippen LogP contribution in [0.4, 0.5) is 11.4 Å². The van der Waals surface area contributed by atoms with Crippen molar-refractivity contribution in [1.82, 2.24) is 9.80 Å². The van der Waals surface area contributed by atoms with Gasteiger partial charge in [-0.3, -0.25) is 4.79 Å². The van der Waals surface area contributed by atoms with E-state index in [4.69, 9.17) is 5.73 Å². The van der Waals surface area contributed by atoms with E-state index in [1.165, 1.54) is 0 Å². The summed E-state index contributed by atoms with van der Waals surface area (Å²) in [5.74, 6) is 0.0872. The number of benzene rings is 1. The van der Waals surface area contributed by atoms with Gasteiger partial charge in [0.1, 0.15) is 0 Å². The lowest BCUT2D eigenvalue weighted by Gasteiger charge is -2.35. The third-order valence-electron chi connectivity index (χ3n) is 4.24. The molecule has 0 unspecified atom stereocenters. The molecule has 2 rings (SSSR count). The summed E-state index contributed by atoms with van der Waals surface area (Å²) in [6.45, 7) is 1.63. The maximum Gasteiger partial charge on any atom is 0.253 e. The van der Waals surface area contributed by atoms with Gasteiger partial charge in [0, 0.05) is 38.8 Å². The van der Waals surface area contributed by atoms with Crippen LogP contribution < -0.4 is 10.6 Å². The molecular weight excluding hydrogens is 264 g/mol. The van der Waals surface area contributed by atoms with E-state index in [1.54, 1.807) is 6.07 Å². The monoisotopic (exact) mass is 290 g/mol. The van der Waals surface area contributed by atoms with Gasteiger partial charge in [0.15, 0.2) is 0 Å². The van der Waals surface area contributed by atoms with Gasteiger partial charge in [0.25, 0.3) is 5.91 Å². The van der Waals surface area contributed by atoms with Gasteiger partial charge in [0.05, 0.1) is 11.4 Å². The number of likely N-dealkylation sites (tertiary alicyclic amines) is 1. The third-order valence-corrected chi connectivity index (χ3v) is 4.24. The maximum atomic E-state index is 12.6. The van der Waals surface area contributed by atoms with E-state index < -0.39 is 0 Å². The Hall–Kier alpha value is -1.75. The van der Waals surface area contributed by atoms with Gasteiger partial charge >= 0.3 is 0 Å². The summed E-state index contributed by atoms with van der Waals surface area (Å²) < 4.78 is 0. The Morgan fingerprint density at radius 1 is 1.19 bits per heavy atom. The van der Waals surface area contributed by atoms with Gasteiger partial charge in [-0.1, -0.05) is 0 Å². The molecule has 0 bridgehead atoms. The third kappa shape index (κ3) is 3.47. The Morgan fingerprint density at radius 3 is 2.29 bits per heavy atom. The van der Waals surface area contributed by atoms with Crippen molar-refractivity contribution < 1.29 is 4.79 Å². The van der Waals surface area contributed by atoms with Crippen LogP contribution in [0.5, 0.6) is 0 Å². The number of hydrogen-bond donors (Lipinski definition) is 1. The van der Waals surface area contributed by atoms with Crippen molar-refractivity contribution in [2.45, 2.75) is 18.9 Å². The minimum atomic E-state index is 0.0872. The Bertz CT molecular complexity index is 505. The fourth-order valence-corrected chi connectivity index (χ4v) is 2.86. The molecule has 21 heavy (non-hydrogen) atoms. The Morgan fingerprint density at radius 2 is 1.81 bits per heavy atom. The second-order valence-corrected chi connectivity index (χ2v) is 6.16. The molecule has 5 heteroatoms. The predicted molar refractivity (Wildman–Crippen MR) is 87.8 cm³/mol. The number of amides is 1. The smallest absolute Gasteiger partial charge is 0.253 e. The van der Waals surface area contributed by atoms with Gasteiger partial charge in [-0.05, 0) is 45.1 Å². The molecule has 0 spiro atoms. The molecular formula is C16H26N4O. The van der Waals surface area contributed by atoms with E-state index in [0.29, 0.717) is 17.3 Å². The minimum absolute atomic E-state index is 0.0872. The largest absolute Gasteiger partial charge is 0.397 e. The second-order valence-electron chi connectivity index (χ2n) is 6.16. The number of carbonyl (C=O) groups excluding carboxylic acids is 1. The first-order chi connectivity index (χ1) is 9.90. The van der Waals surface area contributed by atoms with Gasteiger partial charge in [-0.15, -0.1) is 0 Å². The van der Waals surface area contributed by atoms with Crippen LogP contribution in [0.1, 0.15) is 23.2 Å². The normalized spacial score (nSPS) is 16.3. The molecule has 1 aliphatic heterocycles. The van der Waals surface area contributed by atoms with Crippen LogP contribution in [0.3, 0.4) is 0 Å². The summed E-state index contributed by atoms with van der Waals surface area (Å²) in [6, 6.07) is 6.15. The van der Waals surface area contributed by atoms with E-state index in [1.807, 2.05) is 36.0 Å². The summed E-state index contributed by atoms with van der Waals surface area (Å²) in [4.78, 5) is 18.7. The van der Waals surface area contributed by atoms with E-state index in [2.05, 4.69) is 19.0 Å². The number of nitrogens with zero attached hydrogens (tertiary/aromatic N) is 3. The van der Waals surface area contributed by atoms with Crippen molar-refractivity contribution in [3.8, 4) is 0 Å². The van der Waals surface area contributed by atoms with Crippen molar-refractivity contribution in [3.05, 3.63) is 23.8 Å². The Labute approximate surface area is 127 Å². The molecule has 2 N–H and O–H groups in total. The standard InChI is InChI=1S/C16H26N4O/c1-18(2)13-7-9-20(10-8-13)16(21)12-5-6-15(19(3)4)14(17)11-12/h5-6,11,13H,7-10,17H2,1-4H3. The molecule has 5 nitrogen and oxygen atoms in total. The first kappa shape index (κ1) is 15.6. The van der Waals surface area contributed by atoms with Gasteiger partial charge in [0.2, 0.25) is 0 Å². The highest BCUT2D eigenvalue weighted by Gasteiger charge is 2.24. The number of hydrogen-bond acceptors (Lipinski definition) is 4. The fraction of sp³-hybridized carbons (Fsp3) is 0.562. The number of nitrogen functional groups attached to an aromatic ring is 1. The van der Waals surface area contributed by atoms with Crippen molar-refractivity contribution in [3.63, 3.8) is 0 Å². The lowest BCUT2D eigenvalue weighted by molar-refractivity contribution is 0.0663. The molecule has 0 aromatic heterocycles. The second kappa shape index (κ2) is 6.35. The molecule has 116 valence electrons. The van der Waals surface area contributed by atoms with E-state index in [9.17, 15) is 4.79 Å². The zero-order valence-electron chi connectivity index (χ0n) is 13.5. The van der Waals surface area contributed by atoms with Crippen LogP contribution in [0.15, 0.2) is 18.2 Å². The number of rotatable bonds is 3. The molecule has 1 aliphatic rings. The zero-order valence-corrected chi connectivity index (χ0v) is 13.5. The Kier molecular flexibility index (Phi) is 4.73. The van der Waals surface area contributed by atoms with Crippen molar-refractivity contribution in [2.24, 2.45) is 0 Å². The quantitative estimate of drug-likeness (QED) is 0.857. The highest BCUT2D eigenvalue weighted by atomic mass is 16.2. The highest BCUT2D eigenvalue weighted by molar-refractivity contribution is 5.96. The molecule has 0 aliphatic carbocycles. The first-order valence-corrected chi connectivity index (χ1v) is 7.42. The van der Waals surface area contributed by atoms with Crippen LogP contribution in [0, 0.1) is 0 Å². The average molecular weight is 290 g/mol. The summed E-state index contributed by atoms with van der Waals surface area (Å²) in [5, 5.41) is 0. The van der Waals surface area contributed by atoms with E-state index in [-0.39, 0.29) is 5.91 Å². The van der Waals surface area contributed by atoms with Crippen molar-refractivity contribution >= 4 is 17.3 Å². The van der Waals surface area contributed by atoms with Crippen molar-refractivity contribution in [1.29, 1.82) is 0 Å². The maximum absolute atomic E-state index is 12.6. The number of piperidine rings is 1. The lowest BCUT2D eigenvalue weighted by Crippen LogP contribution is -2.44. The van der Waals surface area contributed by atoms with Crippen LogP contribution in [0.25, 0.3) is 0 Å².